The molecule has 0 radical (unpaired) electrons. The van der Waals surface area contributed by atoms with Crippen LogP contribution in [-0.4, -0.2) is 36.7 Å². The molecule has 0 bridgehead atoms. The van der Waals surface area contributed by atoms with Gasteiger partial charge in [0, 0.05) is 12.6 Å². The van der Waals surface area contributed by atoms with Crippen LogP contribution in [0.15, 0.2) is 24.3 Å². The zero-order valence-corrected chi connectivity index (χ0v) is 13.0. The average Bonchev–Trinajstić information content (AvgIpc) is 2.58. The molecule has 1 amide bonds. The van der Waals surface area contributed by atoms with E-state index in [0.717, 1.165) is 44.5 Å². The van der Waals surface area contributed by atoms with E-state index in [4.69, 9.17) is 10.00 Å². The van der Waals surface area contributed by atoms with Crippen molar-refractivity contribution in [3.8, 4) is 6.07 Å². The number of carbonyl (C=O) groups is 1. The fourth-order valence-corrected chi connectivity index (χ4v) is 2.69. The lowest BCUT2D eigenvalue weighted by Crippen LogP contribution is -2.46. The fourth-order valence-electron chi connectivity index (χ4n) is 2.69. The largest absolute Gasteiger partial charge is 0.445 e. The van der Waals surface area contributed by atoms with Crippen molar-refractivity contribution in [2.45, 2.75) is 38.8 Å². The minimum absolute atomic E-state index is 0.238. The highest BCUT2D eigenvalue weighted by Crippen LogP contribution is 2.15. The molecule has 1 aliphatic rings. The van der Waals surface area contributed by atoms with Gasteiger partial charge in [0.25, 0.3) is 0 Å². The lowest BCUT2D eigenvalue weighted by molar-refractivity contribution is 0.0734. The van der Waals surface area contributed by atoms with Gasteiger partial charge in [-0.3, -0.25) is 0 Å². The minimum atomic E-state index is -0.238. The Kier molecular flexibility index (Phi) is 6.23. The first-order valence-electron chi connectivity index (χ1n) is 7.87. The summed E-state index contributed by atoms with van der Waals surface area (Å²) in [5.74, 6) is 0. The van der Waals surface area contributed by atoms with Crippen LogP contribution < -0.4 is 5.32 Å². The Morgan fingerprint density at radius 2 is 2.05 bits per heavy atom. The van der Waals surface area contributed by atoms with E-state index in [0.29, 0.717) is 5.56 Å². The van der Waals surface area contributed by atoms with E-state index in [1.165, 1.54) is 0 Å². The van der Waals surface area contributed by atoms with Crippen molar-refractivity contribution in [1.82, 2.24) is 10.2 Å². The monoisotopic (exact) mass is 301 g/mol. The van der Waals surface area contributed by atoms with Gasteiger partial charge in [0.05, 0.1) is 11.6 Å². The van der Waals surface area contributed by atoms with Crippen molar-refractivity contribution in [2.24, 2.45) is 0 Å². The second-order valence-electron chi connectivity index (χ2n) is 5.54. The second kappa shape index (κ2) is 8.40. The number of hydrogen-bond acceptors (Lipinski definition) is 4. The van der Waals surface area contributed by atoms with E-state index in [9.17, 15) is 4.79 Å². The minimum Gasteiger partial charge on any atom is -0.445 e. The van der Waals surface area contributed by atoms with E-state index in [1.807, 2.05) is 17.0 Å². The van der Waals surface area contributed by atoms with E-state index in [1.54, 1.807) is 12.1 Å². The summed E-state index contributed by atoms with van der Waals surface area (Å²) >= 11 is 0. The number of nitrogens with one attached hydrogen (secondary N) is 1. The molecule has 118 valence electrons. The maximum atomic E-state index is 12.4. The van der Waals surface area contributed by atoms with Gasteiger partial charge >= 0.3 is 6.09 Å². The van der Waals surface area contributed by atoms with Crippen molar-refractivity contribution < 1.29 is 9.53 Å². The molecule has 1 heterocycles. The van der Waals surface area contributed by atoms with Gasteiger partial charge in [0.1, 0.15) is 6.61 Å². The molecule has 22 heavy (non-hydrogen) atoms. The normalized spacial score (nSPS) is 15.1. The first-order valence-corrected chi connectivity index (χ1v) is 7.87. The van der Waals surface area contributed by atoms with E-state index >= 15 is 0 Å². The number of piperidine rings is 1. The first kappa shape index (κ1) is 16.3. The molecule has 1 aromatic carbocycles. The predicted octanol–water partition coefficient (Wildman–Crippen LogP) is 2.66. The zero-order chi connectivity index (χ0) is 15.8. The molecule has 1 aliphatic heterocycles. The second-order valence-corrected chi connectivity index (χ2v) is 5.54. The van der Waals surface area contributed by atoms with Crippen molar-refractivity contribution >= 4 is 6.09 Å². The Morgan fingerprint density at radius 1 is 1.36 bits per heavy atom. The molecule has 1 N–H and O–H groups in total. The lowest BCUT2D eigenvalue weighted by atomic mass is 10.1. The molecule has 0 unspecified atom stereocenters. The molecule has 5 nitrogen and oxygen atoms in total. The number of rotatable bonds is 5. The number of nitriles is 1. The van der Waals surface area contributed by atoms with Gasteiger partial charge in [-0.15, -0.1) is 0 Å². The van der Waals surface area contributed by atoms with Gasteiger partial charge in [-0.25, -0.2) is 4.79 Å². The number of carbonyl (C=O) groups excluding carboxylic acids is 1. The van der Waals surface area contributed by atoms with Crippen molar-refractivity contribution in [2.75, 3.05) is 19.6 Å². The van der Waals surface area contributed by atoms with Crippen LogP contribution in [0, 0.1) is 11.3 Å². The zero-order valence-electron chi connectivity index (χ0n) is 13.0. The van der Waals surface area contributed by atoms with Gasteiger partial charge in [-0.2, -0.15) is 5.26 Å². The summed E-state index contributed by atoms with van der Waals surface area (Å²) < 4.78 is 5.45. The van der Waals surface area contributed by atoms with Crippen LogP contribution in [-0.2, 0) is 11.3 Å². The molecule has 0 saturated carbocycles. The molecule has 0 aliphatic carbocycles. The van der Waals surface area contributed by atoms with Gasteiger partial charge in [0.15, 0.2) is 0 Å². The van der Waals surface area contributed by atoms with Crippen LogP contribution in [0.2, 0.25) is 0 Å². The highest BCUT2D eigenvalue weighted by atomic mass is 16.6. The smallest absolute Gasteiger partial charge is 0.410 e. The molecule has 1 fully saturated rings. The third kappa shape index (κ3) is 4.47. The molecule has 0 atom stereocenters. The van der Waals surface area contributed by atoms with Crippen LogP contribution in [0.5, 0.6) is 0 Å². The Morgan fingerprint density at radius 3 is 2.64 bits per heavy atom. The summed E-state index contributed by atoms with van der Waals surface area (Å²) in [5.41, 5.74) is 1.51. The van der Waals surface area contributed by atoms with E-state index in [-0.39, 0.29) is 18.7 Å². The molecule has 1 saturated heterocycles. The van der Waals surface area contributed by atoms with E-state index in [2.05, 4.69) is 18.3 Å². The number of amides is 1. The molecule has 1 aromatic rings. The summed E-state index contributed by atoms with van der Waals surface area (Å²) in [4.78, 5) is 14.2. The van der Waals surface area contributed by atoms with Crippen molar-refractivity contribution in [3.05, 3.63) is 35.4 Å². The van der Waals surface area contributed by atoms with Crippen LogP contribution in [0.25, 0.3) is 0 Å². The molecule has 0 aromatic heterocycles. The standard InChI is InChI=1S/C17H23N3O2/c1-2-11-20(16-7-9-19-10-8-16)17(21)22-13-15-5-3-14(12-18)4-6-15/h3-6,16,19H,2,7-11,13H2,1H3. The van der Waals surface area contributed by atoms with Crippen LogP contribution in [0.1, 0.15) is 37.3 Å². The van der Waals surface area contributed by atoms with E-state index < -0.39 is 0 Å². The lowest BCUT2D eigenvalue weighted by Gasteiger charge is -2.33. The summed E-state index contributed by atoms with van der Waals surface area (Å²) in [6.45, 7) is 4.95. The van der Waals surface area contributed by atoms with Crippen molar-refractivity contribution in [3.63, 3.8) is 0 Å². The van der Waals surface area contributed by atoms with Crippen LogP contribution in [0.3, 0.4) is 0 Å². The summed E-state index contributed by atoms with van der Waals surface area (Å²) in [6, 6.07) is 9.46. The summed E-state index contributed by atoms with van der Waals surface area (Å²) in [5, 5.41) is 12.1. The highest BCUT2D eigenvalue weighted by Gasteiger charge is 2.25. The maximum Gasteiger partial charge on any atom is 0.410 e. The van der Waals surface area contributed by atoms with Gasteiger partial charge < -0.3 is 15.0 Å². The first-order chi connectivity index (χ1) is 10.7. The number of ether oxygens (including phenoxy) is 1. The molecule has 0 spiro atoms. The van der Waals surface area contributed by atoms with Gasteiger partial charge in [-0.1, -0.05) is 19.1 Å². The maximum absolute atomic E-state index is 12.4. The Balaban J connectivity index is 1.90. The highest BCUT2D eigenvalue weighted by molar-refractivity contribution is 5.68. The number of benzene rings is 1. The number of nitrogens with zero attached hydrogens (tertiary/aromatic N) is 2. The fraction of sp³-hybridized carbons (Fsp3) is 0.529. The topological polar surface area (TPSA) is 65.4 Å². The van der Waals surface area contributed by atoms with Crippen molar-refractivity contribution in [1.29, 1.82) is 5.26 Å². The Labute approximate surface area is 131 Å². The molecular formula is C17H23N3O2. The van der Waals surface area contributed by atoms with Crippen LogP contribution >= 0.6 is 0 Å². The molecule has 2 rings (SSSR count). The SMILES string of the molecule is CCCN(C(=O)OCc1ccc(C#N)cc1)C1CCNCC1. The summed E-state index contributed by atoms with van der Waals surface area (Å²) in [7, 11) is 0. The summed E-state index contributed by atoms with van der Waals surface area (Å²) in [6.07, 6.45) is 2.64. The third-order valence-electron chi connectivity index (χ3n) is 3.89. The quantitative estimate of drug-likeness (QED) is 0.908. The Hall–Kier alpha value is -2.06. The molecule has 5 heteroatoms. The van der Waals surface area contributed by atoms with Gasteiger partial charge in [0.2, 0.25) is 0 Å². The number of hydrogen-bond donors (Lipinski definition) is 1. The third-order valence-corrected chi connectivity index (χ3v) is 3.89. The Bertz CT molecular complexity index is 516. The van der Waals surface area contributed by atoms with Crippen LogP contribution in [0.4, 0.5) is 4.79 Å². The predicted molar refractivity (Wildman–Crippen MR) is 84.2 cm³/mol. The van der Waals surface area contributed by atoms with Gasteiger partial charge in [-0.05, 0) is 50.0 Å². The average molecular weight is 301 g/mol. The molecular weight excluding hydrogens is 278 g/mol.